The lowest BCUT2D eigenvalue weighted by molar-refractivity contribution is 0.916. The number of hydrogen-bond donors (Lipinski definition) is 0. The van der Waals surface area contributed by atoms with Crippen molar-refractivity contribution in [3.63, 3.8) is 0 Å². The minimum atomic E-state index is -1.55. The molecule has 0 saturated carbocycles. The molecule has 21 heavy (non-hydrogen) atoms. The van der Waals surface area contributed by atoms with Crippen molar-refractivity contribution in [3.8, 4) is 0 Å². The second-order valence-electron chi connectivity index (χ2n) is 3.83. The molecule has 2 rings (SSSR count). The predicted molar refractivity (Wildman–Crippen MR) is 89.5 cm³/mol. The van der Waals surface area contributed by atoms with E-state index in [0.29, 0.717) is 5.56 Å². The first kappa shape index (κ1) is 19.0. The van der Waals surface area contributed by atoms with Crippen molar-refractivity contribution in [1.29, 1.82) is 0 Å². The molecule has 0 spiro atoms. The number of hydrogen-bond acceptors (Lipinski definition) is 3. The van der Waals surface area contributed by atoms with Crippen LogP contribution < -0.4 is 0 Å². The van der Waals surface area contributed by atoms with E-state index in [1.165, 1.54) is 12.7 Å². The largest absolute Gasteiger partial charge is 0.250 e. The summed E-state index contributed by atoms with van der Waals surface area (Å²) in [6, 6.07) is 7.47. The van der Waals surface area contributed by atoms with Crippen molar-refractivity contribution in [1.82, 2.24) is 15.0 Å². The minimum absolute atomic E-state index is 0.132. The lowest BCUT2D eigenvalue weighted by atomic mass is 10.2. The van der Waals surface area contributed by atoms with Crippen LogP contribution in [0.4, 0.5) is 0 Å². The summed E-state index contributed by atoms with van der Waals surface area (Å²) in [4.78, 5) is 10.8. The summed E-state index contributed by atoms with van der Waals surface area (Å²) in [5.74, 6) is 0.132. The molecule has 0 bridgehead atoms. The maximum absolute atomic E-state index is 5.66. The molecule has 0 saturated heterocycles. The summed E-state index contributed by atoms with van der Waals surface area (Å²) in [5, 5.41) is 0. The molecule has 1 heterocycles. The third-order valence-electron chi connectivity index (χ3n) is 2.09. The SMILES string of the molecule is Cc1cccc(C(Cl)(Cl)Cl)c1.ClC(Cl)(Cl)c1ncncn1. The molecule has 0 radical (unpaired) electrons. The molecule has 2 aromatic rings. The van der Waals surface area contributed by atoms with E-state index in [1.807, 2.05) is 25.1 Å². The standard InChI is InChI=1S/C8H7Cl3.C4H2Cl3N3/c1-6-3-2-4-7(5-6)8(9,10)11;5-4(6,7)3-9-1-8-2-10-3/h2-5H,1H3;1-2H. The molecule has 114 valence electrons. The van der Waals surface area contributed by atoms with Gasteiger partial charge in [0, 0.05) is 5.56 Å². The van der Waals surface area contributed by atoms with Crippen LogP contribution in [0.15, 0.2) is 36.9 Å². The van der Waals surface area contributed by atoms with E-state index in [1.54, 1.807) is 6.07 Å². The summed E-state index contributed by atoms with van der Waals surface area (Å²) >= 11 is 33.3. The Balaban J connectivity index is 0.000000211. The molecular weight excluding hydrogens is 399 g/mol. The first-order valence-electron chi connectivity index (χ1n) is 5.44. The fraction of sp³-hybridized carbons (Fsp3) is 0.250. The van der Waals surface area contributed by atoms with Gasteiger partial charge in [0.25, 0.3) is 0 Å². The third-order valence-corrected chi connectivity index (χ3v) is 3.25. The molecule has 0 aliphatic rings. The Morgan fingerprint density at radius 2 is 1.43 bits per heavy atom. The topological polar surface area (TPSA) is 38.7 Å². The van der Waals surface area contributed by atoms with Gasteiger partial charge in [-0.1, -0.05) is 99.4 Å². The van der Waals surface area contributed by atoms with E-state index in [2.05, 4.69) is 15.0 Å². The molecule has 1 aromatic carbocycles. The van der Waals surface area contributed by atoms with E-state index in [4.69, 9.17) is 69.6 Å². The van der Waals surface area contributed by atoms with Gasteiger partial charge in [-0.05, 0) is 6.92 Å². The molecule has 0 unspecified atom stereocenters. The van der Waals surface area contributed by atoms with E-state index < -0.39 is 7.59 Å². The average molecular weight is 408 g/mol. The van der Waals surface area contributed by atoms with Gasteiger partial charge in [0.15, 0.2) is 5.82 Å². The Bertz CT molecular complexity index is 565. The molecule has 3 nitrogen and oxygen atoms in total. The van der Waals surface area contributed by atoms with Crippen LogP contribution in [0.25, 0.3) is 0 Å². The first-order chi connectivity index (χ1) is 9.60. The van der Waals surface area contributed by atoms with Crippen LogP contribution >= 0.6 is 69.6 Å². The molecule has 0 N–H and O–H groups in total. The number of benzene rings is 1. The lowest BCUT2D eigenvalue weighted by Crippen LogP contribution is -2.06. The molecule has 0 atom stereocenters. The molecule has 0 fully saturated rings. The zero-order chi connectivity index (χ0) is 16.1. The number of halogens is 6. The Morgan fingerprint density at radius 3 is 1.76 bits per heavy atom. The van der Waals surface area contributed by atoms with Crippen molar-refractivity contribution in [2.45, 2.75) is 14.5 Å². The van der Waals surface area contributed by atoms with Crippen LogP contribution in [-0.4, -0.2) is 15.0 Å². The number of nitrogens with zero attached hydrogens (tertiary/aromatic N) is 3. The smallest absolute Gasteiger partial charge is 0.225 e. The van der Waals surface area contributed by atoms with E-state index in [0.717, 1.165) is 5.56 Å². The molecule has 0 amide bonds. The Morgan fingerprint density at radius 1 is 0.857 bits per heavy atom. The molecule has 9 heteroatoms. The molecule has 1 aromatic heterocycles. The van der Waals surface area contributed by atoms with Crippen molar-refractivity contribution >= 4 is 69.6 Å². The Hall–Kier alpha value is -0.0300. The Kier molecular flexibility index (Phi) is 7.25. The van der Waals surface area contributed by atoms with Gasteiger partial charge in [-0.3, -0.25) is 0 Å². The fourth-order valence-electron chi connectivity index (χ4n) is 1.21. The molecule has 0 aliphatic carbocycles. The third kappa shape index (κ3) is 7.18. The summed E-state index contributed by atoms with van der Waals surface area (Å²) in [7, 11) is 0. The van der Waals surface area contributed by atoms with Gasteiger partial charge < -0.3 is 0 Å². The number of aryl methyl sites for hydroxylation is 1. The van der Waals surface area contributed by atoms with Crippen molar-refractivity contribution in [3.05, 3.63) is 53.9 Å². The highest BCUT2D eigenvalue weighted by atomic mass is 35.6. The van der Waals surface area contributed by atoms with Crippen molar-refractivity contribution in [2.24, 2.45) is 0 Å². The molecule has 0 aliphatic heterocycles. The van der Waals surface area contributed by atoms with Gasteiger partial charge in [-0.2, -0.15) is 0 Å². The normalized spacial score (nSPS) is 11.6. The number of aromatic nitrogens is 3. The number of alkyl halides is 6. The van der Waals surface area contributed by atoms with Crippen LogP contribution in [0, 0.1) is 6.92 Å². The number of rotatable bonds is 0. The van der Waals surface area contributed by atoms with Gasteiger partial charge in [-0.25, -0.2) is 15.0 Å². The van der Waals surface area contributed by atoms with Gasteiger partial charge in [0.2, 0.25) is 7.59 Å². The summed E-state index contributed by atoms with van der Waals surface area (Å²) in [6.07, 6.45) is 2.54. The highest BCUT2D eigenvalue weighted by Gasteiger charge is 2.25. The van der Waals surface area contributed by atoms with Crippen molar-refractivity contribution in [2.75, 3.05) is 0 Å². The van der Waals surface area contributed by atoms with Gasteiger partial charge in [-0.15, -0.1) is 0 Å². The quantitative estimate of drug-likeness (QED) is 0.539. The monoisotopic (exact) mass is 405 g/mol. The summed E-state index contributed by atoms with van der Waals surface area (Å²) in [5.41, 5.74) is 1.80. The highest BCUT2D eigenvalue weighted by Crippen LogP contribution is 2.38. The zero-order valence-corrected chi connectivity index (χ0v) is 15.1. The van der Waals surface area contributed by atoms with E-state index in [-0.39, 0.29) is 5.82 Å². The van der Waals surface area contributed by atoms with Crippen LogP contribution in [0.3, 0.4) is 0 Å². The average Bonchev–Trinajstić information content (AvgIpc) is 2.38. The highest BCUT2D eigenvalue weighted by molar-refractivity contribution is 6.67. The van der Waals surface area contributed by atoms with Gasteiger partial charge in [0.1, 0.15) is 12.7 Å². The van der Waals surface area contributed by atoms with Crippen LogP contribution in [0.2, 0.25) is 0 Å². The summed E-state index contributed by atoms with van der Waals surface area (Å²) < 4.78 is -2.85. The predicted octanol–water partition coefficient (Wildman–Crippen LogP) is 5.52. The van der Waals surface area contributed by atoms with E-state index >= 15 is 0 Å². The Labute approximate surface area is 152 Å². The lowest BCUT2D eigenvalue weighted by Gasteiger charge is -2.10. The van der Waals surface area contributed by atoms with Crippen LogP contribution in [-0.2, 0) is 7.59 Å². The van der Waals surface area contributed by atoms with Gasteiger partial charge >= 0.3 is 0 Å². The van der Waals surface area contributed by atoms with Crippen molar-refractivity contribution < 1.29 is 0 Å². The first-order valence-corrected chi connectivity index (χ1v) is 7.70. The second kappa shape index (κ2) is 8.00. The maximum Gasteiger partial charge on any atom is 0.250 e. The minimum Gasteiger partial charge on any atom is -0.225 e. The van der Waals surface area contributed by atoms with E-state index in [9.17, 15) is 0 Å². The zero-order valence-electron chi connectivity index (χ0n) is 10.6. The summed E-state index contributed by atoms with van der Waals surface area (Å²) in [6.45, 7) is 1.96. The fourth-order valence-corrected chi connectivity index (χ4v) is 1.85. The maximum atomic E-state index is 5.66. The molecular formula is C12H9Cl6N3. The second-order valence-corrected chi connectivity index (χ2v) is 8.39. The van der Waals surface area contributed by atoms with Gasteiger partial charge in [0.05, 0.1) is 0 Å². The van der Waals surface area contributed by atoms with Crippen LogP contribution in [0.1, 0.15) is 17.0 Å². The van der Waals surface area contributed by atoms with Crippen LogP contribution in [0.5, 0.6) is 0 Å².